The Kier molecular flexibility index (Phi) is 4.92. The lowest BCUT2D eigenvalue weighted by Gasteiger charge is -2.29. The summed E-state index contributed by atoms with van der Waals surface area (Å²) in [6.45, 7) is 2.57. The summed E-state index contributed by atoms with van der Waals surface area (Å²) in [6.07, 6.45) is 3.88. The number of hydrogen-bond donors (Lipinski definition) is 1. The number of likely N-dealkylation sites (tertiary alicyclic amines) is 1. The van der Waals surface area contributed by atoms with Gasteiger partial charge < -0.3 is 10.0 Å². The van der Waals surface area contributed by atoms with E-state index in [4.69, 9.17) is 0 Å². The van der Waals surface area contributed by atoms with Gasteiger partial charge in [0, 0.05) is 44.6 Å². The van der Waals surface area contributed by atoms with Crippen molar-refractivity contribution in [3.05, 3.63) is 66.0 Å². The molecule has 2 heterocycles. The Balaban J connectivity index is 1.58. The zero-order chi connectivity index (χ0) is 17.0. The van der Waals surface area contributed by atoms with Gasteiger partial charge in [-0.05, 0) is 24.1 Å². The van der Waals surface area contributed by atoms with Crippen molar-refractivity contribution >= 4 is 5.91 Å². The molecule has 5 nitrogen and oxygen atoms in total. The largest absolute Gasteiger partial charge is 0.387 e. The van der Waals surface area contributed by atoms with Crippen LogP contribution in [0.25, 0.3) is 0 Å². The van der Waals surface area contributed by atoms with E-state index in [1.807, 2.05) is 18.2 Å². The number of β-amino-alcohol motifs (C(OH)–C–C–N with tert-alkyl or cyclic N) is 1. The average Bonchev–Trinajstić information content (AvgIpc) is 2.96. The second-order valence-corrected chi connectivity index (χ2v) is 6.57. The molecule has 1 atom stereocenters. The van der Waals surface area contributed by atoms with Crippen LogP contribution in [0.1, 0.15) is 22.3 Å². The number of rotatable bonds is 5. The minimum Gasteiger partial charge on any atom is -0.387 e. The van der Waals surface area contributed by atoms with Crippen LogP contribution in [0.2, 0.25) is 0 Å². The first kappa shape index (κ1) is 16.6. The zero-order valence-corrected chi connectivity index (χ0v) is 13.9. The monoisotopic (exact) mass is 325 g/mol. The molecule has 1 aliphatic heterocycles. The molecule has 1 aromatic carbocycles. The van der Waals surface area contributed by atoms with Crippen molar-refractivity contribution in [2.75, 3.05) is 26.7 Å². The lowest BCUT2D eigenvalue weighted by Crippen LogP contribution is -2.45. The number of aromatic nitrogens is 1. The van der Waals surface area contributed by atoms with Crippen LogP contribution in [-0.4, -0.2) is 58.1 Å². The number of aliphatic hydroxyl groups is 1. The van der Waals surface area contributed by atoms with Crippen LogP contribution in [0.4, 0.5) is 0 Å². The molecule has 2 aromatic rings. The van der Waals surface area contributed by atoms with Crippen LogP contribution in [0.15, 0.2) is 54.9 Å². The third kappa shape index (κ3) is 3.99. The van der Waals surface area contributed by atoms with E-state index < -0.39 is 5.60 Å². The lowest BCUT2D eigenvalue weighted by molar-refractivity contribution is 0.0170. The molecule has 1 fully saturated rings. The Labute approximate surface area is 142 Å². The first-order valence-corrected chi connectivity index (χ1v) is 8.20. The fourth-order valence-electron chi connectivity index (χ4n) is 3.27. The fourth-order valence-corrected chi connectivity index (χ4v) is 3.27. The highest BCUT2D eigenvalue weighted by Crippen LogP contribution is 2.24. The third-order valence-corrected chi connectivity index (χ3v) is 4.47. The number of nitrogens with zero attached hydrogens (tertiary/aromatic N) is 3. The molecule has 1 amide bonds. The van der Waals surface area contributed by atoms with E-state index in [0.29, 0.717) is 25.1 Å². The highest BCUT2D eigenvalue weighted by Gasteiger charge is 2.37. The van der Waals surface area contributed by atoms with E-state index in [2.05, 4.69) is 22.0 Å². The van der Waals surface area contributed by atoms with Crippen LogP contribution in [0.3, 0.4) is 0 Å². The van der Waals surface area contributed by atoms with Crippen molar-refractivity contribution in [1.29, 1.82) is 0 Å². The minimum atomic E-state index is -0.855. The van der Waals surface area contributed by atoms with Crippen molar-refractivity contribution in [2.45, 2.75) is 18.6 Å². The zero-order valence-electron chi connectivity index (χ0n) is 13.9. The summed E-state index contributed by atoms with van der Waals surface area (Å²) in [6, 6.07) is 13.6. The number of benzene rings is 1. The maximum absolute atomic E-state index is 12.4. The van der Waals surface area contributed by atoms with E-state index >= 15 is 0 Å². The summed E-state index contributed by atoms with van der Waals surface area (Å²) in [4.78, 5) is 20.2. The van der Waals surface area contributed by atoms with Gasteiger partial charge in [0.2, 0.25) is 0 Å². The molecule has 1 unspecified atom stereocenters. The summed E-state index contributed by atoms with van der Waals surface area (Å²) in [5, 5.41) is 10.9. The van der Waals surface area contributed by atoms with Crippen LogP contribution < -0.4 is 0 Å². The maximum atomic E-state index is 12.4. The van der Waals surface area contributed by atoms with Crippen molar-refractivity contribution in [3.8, 4) is 0 Å². The second-order valence-electron chi connectivity index (χ2n) is 6.57. The van der Waals surface area contributed by atoms with E-state index in [9.17, 15) is 9.90 Å². The summed E-state index contributed by atoms with van der Waals surface area (Å²) < 4.78 is 0. The van der Waals surface area contributed by atoms with Gasteiger partial charge >= 0.3 is 0 Å². The van der Waals surface area contributed by atoms with Crippen molar-refractivity contribution in [1.82, 2.24) is 14.8 Å². The summed E-state index contributed by atoms with van der Waals surface area (Å²) in [5.41, 5.74) is 0.977. The second kappa shape index (κ2) is 7.11. The van der Waals surface area contributed by atoms with E-state index in [1.54, 1.807) is 36.5 Å². The number of likely N-dealkylation sites (N-methyl/N-ethyl adjacent to an activating group) is 1. The SMILES string of the molecule is CN(CC1(O)CCN(Cc2ccccc2)C1)C(=O)c1ccncc1. The molecular formula is C19H23N3O2. The topological polar surface area (TPSA) is 56.7 Å². The van der Waals surface area contributed by atoms with E-state index in [0.717, 1.165) is 13.1 Å². The molecule has 0 bridgehead atoms. The van der Waals surface area contributed by atoms with Crippen LogP contribution >= 0.6 is 0 Å². The van der Waals surface area contributed by atoms with E-state index in [1.165, 1.54) is 5.56 Å². The maximum Gasteiger partial charge on any atom is 0.253 e. The van der Waals surface area contributed by atoms with E-state index in [-0.39, 0.29) is 5.91 Å². The van der Waals surface area contributed by atoms with Gasteiger partial charge in [-0.1, -0.05) is 30.3 Å². The van der Waals surface area contributed by atoms with Gasteiger partial charge in [-0.2, -0.15) is 0 Å². The minimum absolute atomic E-state index is 0.0904. The van der Waals surface area contributed by atoms with Gasteiger partial charge in [-0.15, -0.1) is 0 Å². The Bertz CT molecular complexity index is 678. The number of hydrogen-bond acceptors (Lipinski definition) is 4. The Morgan fingerprint density at radius 1 is 1.25 bits per heavy atom. The van der Waals surface area contributed by atoms with Crippen LogP contribution in [0, 0.1) is 0 Å². The average molecular weight is 325 g/mol. The van der Waals surface area contributed by atoms with Crippen LogP contribution in [0.5, 0.6) is 0 Å². The molecule has 1 aromatic heterocycles. The molecular weight excluding hydrogens is 302 g/mol. The highest BCUT2D eigenvalue weighted by molar-refractivity contribution is 5.93. The molecule has 3 rings (SSSR count). The molecule has 1 saturated heterocycles. The first-order chi connectivity index (χ1) is 11.6. The van der Waals surface area contributed by atoms with Gasteiger partial charge in [0.25, 0.3) is 5.91 Å². The van der Waals surface area contributed by atoms with Gasteiger partial charge in [0.05, 0.1) is 12.1 Å². The van der Waals surface area contributed by atoms with Crippen LogP contribution in [-0.2, 0) is 6.54 Å². The fraction of sp³-hybridized carbons (Fsp3) is 0.368. The molecule has 0 radical (unpaired) electrons. The quantitative estimate of drug-likeness (QED) is 0.911. The Morgan fingerprint density at radius 2 is 1.96 bits per heavy atom. The summed E-state index contributed by atoms with van der Waals surface area (Å²) >= 11 is 0. The molecule has 126 valence electrons. The van der Waals surface area contributed by atoms with Gasteiger partial charge in [-0.25, -0.2) is 0 Å². The predicted molar refractivity (Wildman–Crippen MR) is 92.5 cm³/mol. The normalized spacial score (nSPS) is 20.9. The third-order valence-electron chi connectivity index (χ3n) is 4.47. The molecule has 1 aliphatic rings. The predicted octanol–water partition coefficient (Wildman–Crippen LogP) is 1.79. The standard InChI is InChI=1S/C19H23N3O2/c1-21(18(23)17-7-10-20-11-8-17)14-19(24)9-12-22(15-19)13-16-5-3-2-4-6-16/h2-8,10-11,24H,9,12-15H2,1H3. The Hall–Kier alpha value is -2.24. The smallest absolute Gasteiger partial charge is 0.253 e. The number of pyridine rings is 1. The van der Waals surface area contributed by atoms with Crippen molar-refractivity contribution in [2.24, 2.45) is 0 Å². The molecule has 0 saturated carbocycles. The van der Waals surface area contributed by atoms with Gasteiger partial charge in [0.1, 0.15) is 0 Å². The number of carbonyl (C=O) groups excluding carboxylic acids is 1. The number of amides is 1. The first-order valence-electron chi connectivity index (χ1n) is 8.20. The highest BCUT2D eigenvalue weighted by atomic mass is 16.3. The van der Waals surface area contributed by atoms with Gasteiger partial charge in [0.15, 0.2) is 0 Å². The lowest BCUT2D eigenvalue weighted by atomic mass is 10.0. The van der Waals surface area contributed by atoms with Gasteiger partial charge in [-0.3, -0.25) is 14.7 Å². The number of carbonyl (C=O) groups is 1. The molecule has 1 N–H and O–H groups in total. The van der Waals surface area contributed by atoms with Crippen molar-refractivity contribution < 1.29 is 9.90 Å². The molecule has 24 heavy (non-hydrogen) atoms. The summed E-state index contributed by atoms with van der Waals surface area (Å²) in [7, 11) is 1.74. The molecule has 0 spiro atoms. The summed E-state index contributed by atoms with van der Waals surface area (Å²) in [5.74, 6) is -0.0904. The Morgan fingerprint density at radius 3 is 2.67 bits per heavy atom. The van der Waals surface area contributed by atoms with Crippen molar-refractivity contribution in [3.63, 3.8) is 0 Å². The molecule has 0 aliphatic carbocycles. The molecule has 5 heteroatoms.